The van der Waals surface area contributed by atoms with Crippen LogP contribution in [0.15, 0.2) is 52.7 Å². The fourth-order valence-electron chi connectivity index (χ4n) is 6.10. The summed E-state index contributed by atoms with van der Waals surface area (Å²) in [4.78, 5) is 74.3. The van der Waals surface area contributed by atoms with Crippen LogP contribution in [0.5, 0.6) is 11.5 Å². The maximum Gasteiger partial charge on any atom is 0.255 e. The van der Waals surface area contributed by atoms with Crippen LogP contribution in [0.2, 0.25) is 0 Å². The summed E-state index contributed by atoms with van der Waals surface area (Å²) in [5.74, 6) is -2.64. The van der Waals surface area contributed by atoms with E-state index in [0.717, 1.165) is 4.90 Å². The highest BCUT2D eigenvalue weighted by molar-refractivity contribution is 6.21. The number of ether oxygens (including phenoxy) is 2. The molecule has 2 aromatic rings. The van der Waals surface area contributed by atoms with E-state index < -0.39 is 53.7 Å². The van der Waals surface area contributed by atoms with Crippen molar-refractivity contribution >= 4 is 35.2 Å². The van der Waals surface area contributed by atoms with E-state index in [0.29, 0.717) is 39.5 Å². The van der Waals surface area contributed by atoms with Crippen LogP contribution in [0.1, 0.15) is 44.4 Å². The zero-order valence-corrected chi connectivity index (χ0v) is 32.4. The third-order valence-corrected chi connectivity index (χ3v) is 8.93. The summed E-state index contributed by atoms with van der Waals surface area (Å²) >= 11 is 0. The fourth-order valence-corrected chi connectivity index (χ4v) is 6.10. The summed E-state index contributed by atoms with van der Waals surface area (Å²) in [5, 5.41) is 19.7. The van der Waals surface area contributed by atoms with Crippen molar-refractivity contribution in [2.75, 3.05) is 53.5 Å². The average molecular weight is 776 g/mol. The number of amides is 5. The minimum absolute atomic E-state index is 0.00226. The van der Waals surface area contributed by atoms with Crippen LogP contribution >= 0.6 is 0 Å². The number of hydrogen-bond donors (Lipinski definition) is 8. The molecule has 4 atom stereocenters. The molecule has 1 aliphatic rings. The van der Waals surface area contributed by atoms with Crippen LogP contribution in [0.25, 0.3) is 11.1 Å². The van der Waals surface area contributed by atoms with E-state index in [4.69, 9.17) is 37.7 Å². The molecular formula is C38H53N11O7. The van der Waals surface area contributed by atoms with Gasteiger partial charge in [0.25, 0.3) is 5.91 Å². The molecule has 4 bridgehead atoms. The van der Waals surface area contributed by atoms with Crippen molar-refractivity contribution in [2.24, 2.45) is 27.9 Å². The van der Waals surface area contributed by atoms with Crippen molar-refractivity contribution in [2.45, 2.75) is 57.8 Å². The molecular weight excluding hydrogens is 722 g/mol. The Balaban J connectivity index is 2.29. The molecule has 18 nitrogen and oxygen atoms in total. The third kappa shape index (κ3) is 11.3. The van der Waals surface area contributed by atoms with Gasteiger partial charge >= 0.3 is 0 Å². The van der Waals surface area contributed by atoms with Crippen LogP contribution in [-0.4, -0.2) is 112 Å². The van der Waals surface area contributed by atoms with Gasteiger partial charge in [-0.15, -0.1) is 0 Å². The molecule has 18 heteroatoms. The molecule has 302 valence electrons. The number of allylic oxidation sites excluding steroid dienone is 1. The molecule has 2 aromatic carbocycles. The molecule has 1 aliphatic heterocycles. The Morgan fingerprint density at radius 2 is 1.61 bits per heavy atom. The number of nitriles is 1. The standard InChI is InChI=1S/C38H53N11O7/c1-21(43)32(22(2)44-4)36(52)47-28(10-11-39)38(54)49(5)33-25-7-9-31(56-17-14-42)27(20-25)26-18-24(6-8-30(26)55-16-13-41)19-29(35(51)45-15-12-40)48-34(50)23(3)46-37(33)53/h6-9,18,20,23,28-29,33H,10-11,13-17,19,39,41-43H2,1-5H3,(H,45,51)(H,46,53)(H,47,52)(H,48,50)/t23-,28-,29-,33-/m0/s1. The Morgan fingerprint density at radius 3 is 2.18 bits per heavy atom. The number of nitrogens with one attached hydrogen (secondary N) is 4. The molecule has 1 heterocycles. The predicted molar refractivity (Wildman–Crippen MR) is 210 cm³/mol. The third-order valence-electron chi connectivity index (χ3n) is 8.93. The van der Waals surface area contributed by atoms with Gasteiger partial charge in [-0.25, -0.2) is 0 Å². The van der Waals surface area contributed by atoms with Crippen LogP contribution in [0.4, 0.5) is 0 Å². The topological polar surface area (TPSA) is 295 Å². The maximum atomic E-state index is 14.4. The zero-order chi connectivity index (χ0) is 41.5. The highest BCUT2D eigenvalue weighted by Gasteiger charge is 2.36. The van der Waals surface area contributed by atoms with Gasteiger partial charge in [0, 0.05) is 56.1 Å². The molecule has 5 amide bonds. The zero-order valence-electron chi connectivity index (χ0n) is 32.4. The Labute approximate surface area is 326 Å². The summed E-state index contributed by atoms with van der Waals surface area (Å²) in [5.41, 5.74) is 26.0. The van der Waals surface area contributed by atoms with E-state index >= 15 is 0 Å². The smallest absolute Gasteiger partial charge is 0.255 e. The van der Waals surface area contributed by atoms with Gasteiger partial charge in [0.05, 0.1) is 11.6 Å². The molecule has 0 unspecified atom stereocenters. The molecule has 0 saturated heterocycles. The second kappa shape index (κ2) is 21.2. The number of carbonyl (C=O) groups is 5. The van der Waals surface area contributed by atoms with E-state index in [1.54, 1.807) is 43.3 Å². The molecule has 56 heavy (non-hydrogen) atoms. The number of nitrogens with zero attached hydrogens (tertiary/aromatic N) is 3. The van der Waals surface area contributed by atoms with Crippen LogP contribution in [0, 0.1) is 11.3 Å². The quantitative estimate of drug-likeness (QED) is 0.0606. The van der Waals surface area contributed by atoms with E-state index in [1.165, 1.54) is 27.9 Å². The van der Waals surface area contributed by atoms with Gasteiger partial charge < -0.3 is 58.6 Å². The minimum atomic E-state index is -1.39. The van der Waals surface area contributed by atoms with E-state index in [1.807, 2.05) is 6.07 Å². The normalized spacial score (nSPS) is 18.1. The van der Waals surface area contributed by atoms with E-state index in [9.17, 15) is 24.0 Å². The van der Waals surface area contributed by atoms with Gasteiger partial charge in [0.15, 0.2) is 0 Å². The van der Waals surface area contributed by atoms with Gasteiger partial charge in [0.2, 0.25) is 23.6 Å². The van der Waals surface area contributed by atoms with Gasteiger partial charge in [-0.2, -0.15) is 5.26 Å². The Morgan fingerprint density at radius 1 is 0.982 bits per heavy atom. The van der Waals surface area contributed by atoms with Crippen molar-refractivity contribution in [1.29, 1.82) is 5.26 Å². The number of nitrogens with two attached hydrogens (primary N) is 4. The summed E-state index contributed by atoms with van der Waals surface area (Å²) in [6, 6.07) is 6.98. The van der Waals surface area contributed by atoms with Crippen molar-refractivity contribution in [1.82, 2.24) is 26.2 Å². The average Bonchev–Trinajstić information content (AvgIpc) is 3.17. The first-order valence-electron chi connectivity index (χ1n) is 18.1. The van der Waals surface area contributed by atoms with Crippen LogP contribution in [-0.2, 0) is 30.4 Å². The molecule has 0 aliphatic carbocycles. The SMILES string of the molecule is CN=C(C)C(C(=O)N[C@@H](CCN)C(=O)N(C)[C@@H]1C(=O)N[C@@H](C)C(=O)N[C@H](C(=O)NCC#N)Cc2ccc(OCCN)c(c2)-c2cc1ccc2OCCN)=C(C)N. The van der Waals surface area contributed by atoms with Crippen molar-refractivity contribution in [3.63, 3.8) is 0 Å². The molecule has 3 rings (SSSR count). The number of rotatable bonds is 15. The van der Waals surface area contributed by atoms with Gasteiger partial charge in [-0.3, -0.25) is 29.0 Å². The Hall–Kier alpha value is -6.03. The first kappa shape index (κ1) is 44.4. The van der Waals surface area contributed by atoms with Crippen LogP contribution in [0.3, 0.4) is 0 Å². The summed E-state index contributed by atoms with van der Waals surface area (Å²) in [6.07, 6.45) is 0.00708. The molecule has 0 radical (unpaired) electrons. The highest BCUT2D eigenvalue weighted by Crippen LogP contribution is 2.40. The Bertz CT molecular complexity index is 1870. The molecule has 0 fully saturated rings. The first-order valence-corrected chi connectivity index (χ1v) is 18.1. The maximum absolute atomic E-state index is 14.4. The minimum Gasteiger partial charge on any atom is -0.492 e. The number of likely N-dealkylation sites (N-methyl/N-ethyl adjacent to an activating group) is 1. The monoisotopic (exact) mass is 775 g/mol. The molecule has 0 saturated carbocycles. The highest BCUT2D eigenvalue weighted by atomic mass is 16.5. The first-order chi connectivity index (χ1) is 26.7. The molecule has 0 aromatic heterocycles. The van der Waals surface area contributed by atoms with E-state index in [-0.39, 0.29) is 63.5 Å². The number of benzene rings is 2. The van der Waals surface area contributed by atoms with Gasteiger partial charge in [0.1, 0.15) is 55.4 Å². The number of aliphatic imine (C=N–C) groups is 1. The summed E-state index contributed by atoms with van der Waals surface area (Å²) in [6.45, 7) is 4.95. The fraction of sp³-hybridized carbons (Fsp3) is 0.447. The summed E-state index contributed by atoms with van der Waals surface area (Å²) < 4.78 is 12.1. The van der Waals surface area contributed by atoms with Crippen molar-refractivity contribution in [3.05, 3.63) is 58.8 Å². The molecule has 0 spiro atoms. The lowest BCUT2D eigenvalue weighted by Crippen LogP contribution is -2.56. The lowest BCUT2D eigenvalue weighted by atomic mass is 9.93. The predicted octanol–water partition coefficient (Wildman–Crippen LogP) is -1.13. The number of fused-ring (bicyclic) bond motifs is 5. The second-order valence-electron chi connectivity index (χ2n) is 13.1. The van der Waals surface area contributed by atoms with Crippen molar-refractivity contribution in [3.8, 4) is 28.7 Å². The summed E-state index contributed by atoms with van der Waals surface area (Å²) in [7, 11) is 2.90. The lowest BCUT2D eigenvalue weighted by Gasteiger charge is -2.32. The Kier molecular flexibility index (Phi) is 16.8. The van der Waals surface area contributed by atoms with Gasteiger partial charge in [-0.05, 0) is 69.1 Å². The van der Waals surface area contributed by atoms with Gasteiger partial charge in [-0.1, -0.05) is 12.1 Å². The lowest BCUT2D eigenvalue weighted by molar-refractivity contribution is -0.142. The largest absolute Gasteiger partial charge is 0.492 e. The molecule has 12 N–H and O–H groups in total. The van der Waals surface area contributed by atoms with Crippen LogP contribution < -0.4 is 53.7 Å². The van der Waals surface area contributed by atoms with E-state index in [2.05, 4.69) is 26.3 Å². The number of hydrogen-bond acceptors (Lipinski definition) is 13. The second-order valence-corrected chi connectivity index (χ2v) is 13.1. The number of carbonyl (C=O) groups excluding carboxylic acids is 5. The van der Waals surface area contributed by atoms with Crippen molar-refractivity contribution < 1.29 is 33.4 Å².